The maximum atomic E-state index is 5.93. The second kappa shape index (κ2) is 5.15. The van der Waals surface area contributed by atoms with Crippen LogP contribution in [-0.4, -0.2) is 35.1 Å². The molecule has 21 heavy (non-hydrogen) atoms. The van der Waals surface area contributed by atoms with Crippen LogP contribution in [0, 0.1) is 0 Å². The lowest BCUT2D eigenvalue weighted by molar-refractivity contribution is 0.672. The number of hydrogen-bond donors (Lipinski definition) is 2. The van der Waals surface area contributed by atoms with Gasteiger partial charge in [0.05, 0.1) is 11.0 Å². The van der Waals surface area contributed by atoms with E-state index in [0.29, 0.717) is 18.6 Å². The first-order valence-corrected chi connectivity index (χ1v) is 7.85. The summed E-state index contributed by atoms with van der Waals surface area (Å²) in [7, 11) is 0. The largest absolute Gasteiger partial charge is 0.364 e. The third-order valence-corrected chi connectivity index (χ3v) is 4.39. The molecule has 5 nitrogen and oxygen atoms in total. The van der Waals surface area contributed by atoms with Crippen molar-refractivity contribution in [3.05, 3.63) is 24.3 Å². The molecule has 1 aromatic heterocycles. The van der Waals surface area contributed by atoms with Crippen molar-refractivity contribution in [3.8, 4) is 0 Å². The molecule has 1 aliphatic heterocycles. The molecule has 0 radical (unpaired) electrons. The summed E-state index contributed by atoms with van der Waals surface area (Å²) < 4.78 is 0. The smallest absolute Gasteiger partial charge is 0.172 e. The van der Waals surface area contributed by atoms with Crippen LogP contribution in [-0.2, 0) is 0 Å². The summed E-state index contributed by atoms with van der Waals surface area (Å²) >= 11 is 0. The molecule has 1 aromatic carbocycles. The molecule has 0 spiro atoms. The highest BCUT2D eigenvalue weighted by atomic mass is 15.3. The third kappa shape index (κ3) is 2.42. The van der Waals surface area contributed by atoms with Crippen molar-refractivity contribution >= 4 is 22.7 Å². The van der Waals surface area contributed by atoms with Gasteiger partial charge >= 0.3 is 0 Å². The van der Waals surface area contributed by atoms with E-state index in [1.54, 1.807) is 0 Å². The monoisotopic (exact) mass is 283 g/mol. The fourth-order valence-electron chi connectivity index (χ4n) is 3.07. The van der Waals surface area contributed by atoms with Crippen molar-refractivity contribution in [2.75, 3.05) is 23.3 Å². The van der Waals surface area contributed by atoms with Gasteiger partial charge in [0.2, 0.25) is 0 Å². The Morgan fingerprint density at radius 2 is 1.90 bits per heavy atom. The van der Waals surface area contributed by atoms with E-state index in [2.05, 4.69) is 10.2 Å². The van der Waals surface area contributed by atoms with Crippen molar-refractivity contribution in [1.29, 1.82) is 0 Å². The minimum absolute atomic E-state index is 0.389. The number of nitrogens with two attached hydrogens (primary N) is 1. The molecule has 0 bridgehead atoms. The van der Waals surface area contributed by atoms with Gasteiger partial charge in [0.25, 0.3) is 0 Å². The van der Waals surface area contributed by atoms with E-state index in [1.807, 2.05) is 24.3 Å². The molecule has 1 saturated heterocycles. The number of aromatic nitrogens is 2. The molecule has 1 atom stereocenters. The van der Waals surface area contributed by atoms with Crippen molar-refractivity contribution in [3.63, 3.8) is 0 Å². The molecule has 2 aromatic rings. The van der Waals surface area contributed by atoms with Gasteiger partial charge in [-0.05, 0) is 37.8 Å². The highest BCUT2D eigenvalue weighted by Crippen LogP contribution is 2.33. The maximum absolute atomic E-state index is 5.93. The fourth-order valence-corrected chi connectivity index (χ4v) is 3.07. The van der Waals surface area contributed by atoms with E-state index < -0.39 is 0 Å². The number of benzene rings is 1. The van der Waals surface area contributed by atoms with Crippen LogP contribution in [0.2, 0.25) is 0 Å². The second-order valence-corrected chi connectivity index (χ2v) is 6.03. The highest BCUT2D eigenvalue weighted by molar-refractivity contribution is 5.81. The molecule has 1 aliphatic carbocycles. The predicted molar refractivity (Wildman–Crippen MR) is 85.6 cm³/mol. The molecule has 4 rings (SSSR count). The molecule has 1 unspecified atom stereocenters. The average molecular weight is 283 g/mol. The van der Waals surface area contributed by atoms with E-state index in [-0.39, 0.29) is 0 Å². The normalized spacial score (nSPS) is 22.0. The van der Waals surface area contributed by atoms with E-state index in [0.717, 1.165) is 35.6 Å². The molecule has 0 amide bonds. The van der Waals surface area contributed by atoms with E-state index >= 15 is 0 Å². The molecular weight excluding hydrogens is 262 g/mol. The average Bonchev–Trinajstić information content (AvgIpc) is 3.20. The Bertz CT molecular complexity index is 652. The number of nitrogens with one attached hydrogen (secondary N) is 1. The van der Waals surface area contributed by atoms with E-state index in [4.69, 9.17) is 15.7 Å². The highest BCUT2D eigenvalue weighted by Gasteiger charge is 2.30. The Hall–Kier alpha value is -1.88. The number of anilines is 2. The number of rotatable bonds is 4. The Kier molecular flexibility index (Phi) is 3.15. The quantitative estimate of drug-likeness (QED) is 0.900. The molecule has 3 N–H and O–H groups in total. The van der Waals surface area contributed by atoms with E-state index in [9.17, 15) is 0 Å². The van der Waals surface area contributed by atoms with Gasteiger partial charge < -0.3 is 16.0 Å². The van der Waals surface area contributed by atoms with Crippen LogP contribution in [0.1, 0.15) is 25.7 Å². The topological polar surface area (TPSA) is 67.1 Å². The van der Waals surface area contributed by atoms with Gasteiger partial charge in [0.1, 0.15) is 0 Å². The lowest BCUT2D eigenvalue weighted by Gasteiger charge is -2.26. The fraction of sp³-hybridized carbons (Fsp3) is 0.500. The maximum Gasteiger partial charge on any atom is 0.172 e. The van der Waals surface area contributed by atoms with Crippen molar-refractivity contribution in [1.82, 2.24) is 9.97 Å². The van der Waals surface area contributed by atoms with Crippen molar-refractivity contribution < 1.29 is 0 Å². The van der Waals surface area contributed by atoms with Gasteiger partial charge in [-0.2, -0.15) is 0 Å². The van der Waals surface area contributed by atoms with Crippen molar-refractivity contribution in [2.24, 2.45) is 5.73 Å². The van der Waals surface area contributed by atoms with Crippen LogP contribution in [0.5, 0.6) is 0 Å². The molecular formula is C16H21N5. The SMILES string of the molecule is NCC1CCCN1c1nc2ccccc2nc1NC1CC1. The summed E-state index contributed by atoms with van der Waals surface area (Å²) in [6.45, 7) is 1.70. The molecule has 2 aliphatic rings. The first-order valence-electron chi connectivity index (χ1n) is 7.85. The number of para-hydroxylation sites is 2. The zero-order valence-electron chi connectivity index (χ0n) is 12.1. The molecule has 110 valence electrons. The summed E-state index contributed by atoms with van der Waals surface area (Å²) in [5, 5.41) is 3.54. The molecule has 2 fully saturated rings. The minimum atomic E-state index is 0.389. The Balaban J connectivity index is 1.79. The lowest BCUT2D eigenvalue weighted by atomic mass is 10.2. The van der Waals surface area contributed by atoms with Gasteiger partial charge in [-0.25, -0.2) is 9.97 Å². The van der Waals surface area contributed by atoms with Gasteiger partial charge in [0, 0.05) is 25.2 Å². The first kappa shape index (κ1) is 12.8. The van der Waals surface area contributed by atoms with Crippen molar-refractivity contribution in [2.45, 2.75) is 37.8 Å². The molecule has 1 saturated carbocycles. The summed E-state index contributed by atoms with van der Waals surface area (Å²) in [6.07, 6.45) is 4.79. The number of hydrogen-bond acceptors (Lipinski definition) is 5. The van der Waals surface area contributed by atoms with Crippen LogP contribution < -0.4 is 16.0 Å². The Morgan fingerprint density at radius 3 is 2.62 bits per heavy atom. The van der Waals surface area contributed by atoms with Gasteiger partial charge in [0.15, 0.2) is 11.6 Å². The van der Waals surface area contributed by atoms with Gasteiger partial charge in [-0.3, -0.25) is 0 Å². The summed E-state index contributed by atoms with van der Waals surface area (Å²) in [5.74, 6) is 1.91. The standard InChI is InChI=1S/C16H21N5/c17-10-12-4-3-9-21(12)16-15(18-11-7-8-11)19-13-5-1-2-6-14(13)20-16/h1-2,5-6,11-12H,3-4,7-10,17H2,(H,18,19). The van der Waals surface area contributed by atoms with Crippen LogP contribution >= 0.6 is 0 Å². The van der Waals surface area contributed by atoms with Crippen LogP contribution in [0.3, 0.4) is 0 Å². The molecule has 2 heterocycles. The van der Waals surface area contributed by atoms with Crippen LogP contribution in [0.15, 0.2) is 24.3 Å². The summed E-state index contributed by atoms with van der Waals surface area (Å²) in [5.41, 5.74) is 7.83. The predicted octanol–water partition coefficient (Wildman–Crippen LogP) is 2.13. The zero-order chi connectivity index (χ0) is 14.2. The summed E-state index contributed by atoms with van der Waals surface area (Å²) in [4.78, 5) is 12.0. The Labute approximate surface area is 124 Å². The number of nitrogens with zero attached hydrogens (tertiary/aromatic N) is 3. The van der Waals surface area contributed by atoms with Gasteiger partial charge in [-0.1, -0.05) is 12.1 Å². The summed E-state index contributed by atoms with van der Waals surface area (Å²) in [6, 6.07) is 9.03. The number of fused-ring (bicyclic) bond motifs is 1. The zero-order valence-corrected chi connectivity index (χ0v) is 12.1. The Morgan fingerprint density at radius 1 is 1.14 bits per heavy atom. The lowest BCUT2D eigenvalue weighted by Crippen LogP contribution is -2.36. The minimum Gasteiger partial charge on any atom is -0.364 e. The van der Waals surface area contributed by atoms with Crippen LogP contribution in [0.4, 0.5) is 11.6 Å². The van der Waals surface area contributed by atoms with Crippen LogP contribution in [0.25, 0.3) is 11.0 Å². The van der Waals surface area contributed by atoms with E-state index in [1.165, 1.54) is 19.3 Å². The van der Waals surface area contributed by atoms with Gasteiger partial charge in [-0.15, -0.1) is 0 Å². The molecule has 5 heteroatoms. The first-order chi connectivity index (χ1) is 10.3. The third-order valence-electron chi connectivity index (χ3n) is 4.39. The second-order valence-electron chi connectivity index (χ2n) is 6.03.